The summed E-state index contributed by atoms with van der Waals surface area (Å²) in [4.78, 5) is 0. The molecule has 1 fully saturated rings. The molecule has 2 aliphatic carbocycles. The SMILES string of the molecule is CC1CCCC1CNC1CCc2cc(F)ccc21. The van der Waals surface area contributed by atoms with Crippen molar-refractivity contribution in [2.45, 2.75) is 45.1 Å². The maximum atomic E-state index is 13.2. The summed E-state index contributed by atoms with van der Waals surface area (Å²) in [5.74, 6) is 1.61. The van der Waals surface area contributed by atoms with Gasteiger partial charge < -0.3 is 5.32 Å². The van der Waals surface area contributed by atoms with Crippen LogP contribution in [0.25, 0.3) is 0 Å². The molecular formula is C16H22FN. The molecule has 98 valence electrons. The summed E-state index contributed by atoms with van der Waals surface area (Å²) >= 11 is 0. The smallest absolute Gasteiger partial charge is 0.123 e. The second-order valence-electron chi connectivity index (χ2n) is 6.01. The summed E-state index contributed by atoms with van der Waals surface area (Å²) in [5, 5.41) is 3.71. The fourth-order valence-corrected chi connectivity index (χ4v) is 3.62. The molecule has 0 aromatic heterocycles. The van der Waals surface area contributed by atoms with Gasteiger partial charge in [0.25, 0.3) is 0 Å². The van der Waals surface area contributed by atoms with Gasteiger partial charge in [0.15, 0.2) is 0 Å². The van der Waals surface area contributed by atoms with E-state index in [0.717, 1.165) is 31.2 Å². The van der Waals surface area contributed by atoms with Crippen molar-refractivity contribution in [3.63, 3.8) is 0 Å². The van der Waals surface area contributed by atoms with Crippen LogP contribution in [0.1, 0.15) is 49.8 Å². The quantitative estimate of drug-likeness (QED) is 0.855. The number of benzene rings is 1. The molecular weight excluding hydrogens is 225 g/mol. The molecule has 0 bridgehead atoms. The van der Waals surface area contributed by atoms with Crippen molar-refractivity contribution in [1.82, 2.24) is 5.32 Å². The summed E-state index contributed by atoms with van der Waals surface area (Å²) in [5.41, 5.74) is 2.52. The van der Waals surface area contributed by atoms with E-state index in [9.17, 15) is 4.39 Å². The lowest BCUT2D eigenvalue weighted by molar-refractivity contribution is 0.367. The average Bonchev–Trinajstić information content (AvgIpc) is 2.93. The number of aryl methyl sites for hydroxylation is 1. The van der Waals surface area contributed by atoms with Gasteiger partial charge in [0.2, 0.25) is 0 Å². The van der Waals surface area contributed by atoms with Gasteiger partial charge >= 0.3 is 0 Å². The lowest BCUT2D eigenvalue weighted by Crippen LogP contribution is -2.27. The molecule has 1 N–H and O–H groups in total. The van der Waals surface area contributed by atoms with Crippen molar-refractivity contribution in [1.29, 1.82) is 0 Å². The van der Waals surface area contributed by atoms with E-state index in [0.29, 0.717) is 6.04 Å². The minimum absolute atomic E-state index is 0.0983. The Hall–Kier alpha value is -0.890. The maximum Gasteiger partial charge on any atom is 0.123 e. The summed E-state index contributed by atoms with van der Waals surface area (Å²) in [7, 11) is 0. The molecule has 0 radical (unpaired) electrons. The molecule has 1 nitrogen and oxygen atoms in total. The summed E-state index contributed by atoms with van der Waals surface area (Å²) in [6, 6.07) is 5.72. The van der Waals surface area contributed by atoms with Crippen LogP contribution in [0.3, 0.4) is 0 Å². The molecule has 2 heteroatoms. The van der Waals surface area contributed by atoms with E-state index in [2.05, 4.69) is 12.2 Å². The zero-order chi connectivity index (χ0) is 12.5. The molecule has 0 heterocycles. The van der Waals surface area contributed by atoms with Gasteiger partial charge in [0.05, 0.1) is 0 Å². The predicted molar refractivity (Wildman–Crippen MR) is 72.0 cm³/mol. The van der Waals surface area contributed by atoms with Crippen LogP contribution in [-0.2, 0) is 6.42 Å². The highest BCUT2D eigenvalue weighted by Gasteiger charge is 2.26. The number of fused-ring (bicyclic) bond motifs is 1. The first kappa shape index (κ1) is 12.2. The van der Waals surface area contributed by atoms with E-state index in [-0.39, 0.29) is 5.82 Å². The van der Waals surface area contributed by atoms with Crippen molar-refractivity contribution in [3.8, 4) is 0 Å². The van der Waals surface area contributed by atoms with Gasteiger partial charge in [-0.15, -0.1) is 0 Å². The van der Waals surface area contributed by atoms with E-state index < -0.39 is 0 Å². The van der Waals surface area contributed by atoms with Crippen molar-refractivity contribution >= 4 is 0 Å². The third kappa shape index (κ3) is 2.31. The molecule has 3 rings (SSSR count). The standard InChI is InChI=1S/C16H22FN/c1-11-3-2-4-13(11)10-18-16-8-5-12-9-14(17)6-7-15(12)16/h6-7,9,11,13,16,18H,2-5,8,10H2,1H3. The monoisotopic (exact) mass is 247 g/mol. The predicted octanol–water partition coefficient (Wildman–Crippen LogP) is 3.84. The molecule has 0 amide bonds. The second kappa shape index (κ2) is 5.00. The van der Waals surface area contributed by atoms with Crippen LogP contribution < -0.4 is 5.32 Å². The largest absolute Gasteiger partial charge is 0.310 e. The normalized spacial score (nSPS) is 30.7. The van der Waals surface area contributed by atoms with E-state index >= 15 is 0 Å². The lowest BCUT2D eigenvalue weighted by atomic mass is 9.97. The van der Waals surface area contributed by atoms with Crippen LogP contribution in [0.15, 0.2) is 18.2 Å². The number of rotatable bonds is 3. The lowest BCUT2D eigenvalue weighted by Gasteiger charge is -2.20. The third-order valence-corrected chi connectivity index (χ3v) is 4.85. The fourth-order valence-electron chi connectivity index (χ4n) is 3.62. The third-order valence-electron chi connectivity index (χ3n) is 4.85. The van der Waals surface area contributed by atoms with E-state index in [1.54, 1.807) is 12.1 Å². The van der Waals surface area contributed by atoms with Gasteiger partial charge in [-0.2, -0.15) is 0 Å². The first-order valence-corrected chi connectivity index (χ1v) is 7.26. The molecule has 3 atom stereocenters. The molecule has 18 heavy (non-hydrogen) atoms. The van der Waals surface area contributed by atoms with Crippen LogP contribution in [0.5, 0.6) is 0 Å². The van der Waals surface area contributed by atoms with Gasteiger partial charge in [-0.05, 0) is 60.9 Å². The van der Waals surface area contributed by atoms with Gasteiger partial charge in [0, 0.05) is 6.04 Å². The molecule has 3 unspecified atom stereocenters. The zero-order valence-electron chi connectivity index (χ0n) is 11.1. The second-order valence-corrected chi connectivity index (χ2v) is 6.01. The van der Waals surface area contributed by atoms with Crippen molar-refractivity contribution in [2.24, 2.45) is 11.8 Å². The summed E-state index contributed by atoms with van der Waals surface area (Å²) in [6.07, 6.45) is 6.29. The molecule has 0 spiro atoms. The highest BCUT2D eigenvalue weighted by molar-refractivity contribution is 5.34. The number of halogens is 1. The van der Waals surface area contributed by atoms with Gasteiger partial charge in [0.1, 0.15) is 5.82 Å². The molecule has 1 saturated carbocycles. The summed E-state index contributed by atoms with van der Waals surface area (Å²) < 4.78 is 13.2. The molecule has 0 saturated heterocycles. The van der Waals surface area contributed by atoms with E-state index in [4.69, 9.17) is 0 Å². The van der Waals surface area contributed by atoms with Crippen molar-refractivity contribution in [2.75, 3.05) is 6.54 Å². The summed E-state index contributed by atoms with van der Waals surface area (Å²) in [6.45, 7) is 3.50. The van der Waals surface area contributed by atoms with Crippen LogP contribution in [0.4, 0.5) is 4.39 Å². The average molecular weight is 247 g/mol. The van der Waals surface area contributed by atoms with Gasteiger partial charge in [-0.3, -0.25) is 0 Å². The topological polar surface area (TPSA) is 12.0 Å². The maximum absolute atomic E-state index is 13.2. The first-order valence-electron chi connectivity index (χ1n) is 7.26. The molecule has 2 aliphatic rings. The zero-order valence-corrected chi connectivity index (χ0v) is 11.1. The fraction of sp³-hybridized carbons (Fsp3) is 0.625. The first-order chi connectivity index (χ1) is 8.74. The molecule has 1 aromatic carbocycles. The number of hydrogen-bond acceptors (Lipinski definition) is 1. The van der Waals surface area contributed by atoms with E-state index in [1.807, 2.05) is 6.07 Å². The van der Waals surface area contributed by atoms with Crippen molar-refractivity contribution in [3.05, 3.63) is 35.1 Å². The molecule has 0 aliphatic heterocycles. The minimum atomic E-state index is -0.0983. The highest BCUT2D eigenvalue weighted by atomic mass is 19.1. The Morgan fingerprint density at radius 1 is 1.28 bits per heavy atom. The Kier molecular flexibility index (Phi) is 3.38. The van der Waals surface area contributed by atoms with Crippen molar-refractivity contribution < 1.29 is 4.39 Å². The van der Waals surface area contributed by atoms with Crippen LogP contribution in [0, 0.1) is 17.7 Å². The minimum Gasteiger partial charge on any atom is -0.310 e. The Bertz CT molecular complexity index is 429. The Labute approximate surface area is 109 Å². The van der Waals surface area contributed by atoms with Crippen LogP contribution in [0.2, 0.25) is 0 Å². The highest BCUT2D eigenvalue weighted by Crippen LogP contribution is 2.34. The number of nitrogens with one attached hydrogen (secondary N) is 1. The Morgan fingerprint density at radius 3 is 2.94 bits per heavy atom. The Morgan fingerprint density at radius 2 is 2.17 bits per heavy atom. The molecule has 1 aromatic rings. The Balaban J connectivity index is 1.62. The van der Waals surface area contributed by atoms with Crippen LogP contribution in [-0.4, -0.2) is 6.54 Å². The van der Waals surface area contributed by atoms with Crippen LogP contribution >= 0.6 is 0 Å². The van der Waals surface area contributed by atoms with E-state index in [1.165, 1.54) is 30.4 Å². The number of hydrogen-bond donors (Lipinski definition) is 1. The van der Waals surface area contributed by atoms with Gasteiger partial charge in [-0.1, -0.05) is 25.8 Å². The van der Waals surface area contributed by atoms with Gasteiger partial charge in [-0.25, -0.2) is 4.39 Å².